The quantitative estimate of drug-likeness (QED) is 0.555. The first-order valence-electron chi connectivity index (χ1n) is 6.17. The van der Waals surface area contributed by atoms with E-state index >= 15 is 0 Å². The second kappa shape index (κ2) is 5.64. The van der Waals surface area contributed by atoms with E-state index in [1.54, 1.807) is 0 Å². The molecule has 0 unspecified atom stereocenters. The lowest BCUT2D eigenvalue weighted by Gasteiger charge is -2.27. The lowest BCUT2D eigenvalue weighted by atomic mass is 9.88. The van der Waals surface area contributed by atoms with Crippen molar-refractivity contribution in [1.29, 1.82) is 5.41 Å². The SMILES string of the molecule is CN1CCCN(CCC(C)(C)C(=N)N)CC1. The Labute approximate surface area is 99.3 Å². The number of nitrogens with one attached hydrogen (secondary N) is 1. The number of nitrogens with zero attached hydrogens (tertiary/aromatic N) is 2. The largest absolute Gasteiger partial charge is 0.387 e. The van der Waals surface area contributed by atoms with Crippen LogP contribution in [0.3, 0.4) is 0 Å². The molecule has 0 amide bonds. The van der Waals surface area contributed by atoms with Crippen LogP contribution >= 0.6 is 0 Å². The molecule has 1 rings (SSSR count). The highest BCUT2D eigenvalue weighted by Crippen LogP contribution is 2.20. The highest BCUT2D eigenvalue weighted by atomic mass is 15.2. The maximum Gasteiger partial charge on any atom is 0.0963 e. The second-order valence-electron chi connectivity index (χ2n) is 5.55. The summed E-state index contributed by atoms with van der Waals surface area (Å²) in [5.74, 6) is 0.305. The van der Waals surface area contributed by atoms with E-state index in [-0.39, 0.29) is 5.41 Å². The van der Waals surface area contributed by atoms with Crippen molar-refractivity contribution in [3.05, 3.63) is 0 Å². The number of likely N-dealkylation sites (N-methyl/N-ethyl adjacent to an activating group) is 1. The fourth-order valence-electron chi connectivity index (χ4n) is 1.90. The van der Waals surface area contributed by atoms with Crippen LogP contribution < -0.4 is 5.73 Å². The minimum Gasteiger partial charge on any atom is -0.387 e. The molecule has 1 saturated heterocycles. The molecule has 0 atom stereocenters. The van der Waals surface area contributed by atoms with Gasteiger partial charge in [0.2, 0.25) is 0 Å². The van der Waals surface area contributed by atoms with Crippen LogP contribution in [0.15, 0.2) is 0 Å². The van der Waals surface area contributed by atoms with Gasteiger partial charge in [-0.3, -0.25) is 5.41 Å². The molecular formula is C12H26N4. The summed E-state index contributed by atoms with van der Waals surface area (Å²) in [7, 11) is 2.18. The highest BCUT2D eigenvalue weighted by Gasteiger charge is 2.23. The van der Waals surface area contributed by atoms with Gasteiger partial charge in [0, 0.05) is 18.5 Å². The molecule has 1 aliphatic rings. The van der Waals surface area contributed by atoms with Crippen LogP contribution in [0.4, 0.5) is 0 Å². The Balaban J connectivity index is 2.34. The van der Waals surface area contributed by atoms with Gasteiger partial charge in [-0.25, -0.2) is 0 Å². The zero-order chi connectivity index (χ0) is 12.2. The van der Waals surface area contributed by atoms with E-state index in [0.717, 1.165) is 26.1 Å². The Morgan fingerprint density at radius 2 is 1.94 bits per heavy atom. The predicted octanol–water partition coefficient (Wildman–Crippen LogP) is 0.976. The fraction of sp³-hybridized carbons (Fsp3) is 0.917. The first-order chi connectivity index (χ1) is 7.42. The first kappa shape index (κ1) is 13.5. The van der Waals surface area contributed by atoms with Crippen molar-refractivity contribution < 1.29 is 0 Å². The number of hydrogen-bond donors (Lipinski definition) is 2. The van der Waals surface area contributed by atoms with E-state index in [1.165, 1.54) is 19.5 Å². The molecule has 0 aromatic carbocycles. The molecule has 0 bridgehead atoms. The zero-order valence-corrected chi connectivity index (χ0v) is 10.9. The summed E-state index contributed by atoms with van der Waals surface area (Å²) in [5, 5.41) is 7.54. The van der Waals surface area contributed by atoms with E-state index in [4.69, 9.17) is 11.1 Å². The molecule has 3 N–H and O–H groups in total. The lowest BCUT2D eigenvalue weighted by molar-refractivity contribution is 0.249. The van der Waals surface area contributed by atoms with E-state index in [0.29, 0.717) is 5.84 Å². The van der Waals surface area contributed by atoms with E-state index in [2.05, 4.69) is 30.7 Å². The molecule has 0 aromatic heterocycles. The van der Waals surface area contributed by atoms with Crippen molar-refractivity contribution in [2.24, 2.45) is 11.1 Å². The van der Waals surface area contributed by atoms with E-state index in [1.807, 2.05) is 0 Å². The smallest absolute Gasteiger partial charge is 0.0963 e. The second-order valence-corrected chi connectivity index (χ2v) is 5.55. The summed E-state index contributed by atoms with van der Waals surface area (Å²) in [6, 6.07) is 0. The van der Waals surface area contributed by atoms with Crippen molar-refractivity contribution in [1.82, 2.24) is 9.80 Å². The Bertz CT molecular complexity index is 237. The van der Waals surface area contributed by atoms with Gasteiger partial charge in [0.25, 0.3) is 0 Å². The summed E-state index contributed by atoms with van der Waals surface area (Å²) in [6.07, 6.45) is 2.23. The Morgan fingerprint density at radius 1 is 1.25 bits per heavy atom. The van der Waals surface area contributed by atoms with Gasteiger partial charge in [-0.2, -0.15) is 0 Å². The normalized spacial score (nSPS) is 20.7. The molecule has 1 aliphatic heterocycles. The molecule has 1 fully saturated rings. The van der Waals surface area contributed by atoms with Crippen LogP contribution in [0.1, 0.15) is 26.7 Å². The lowest BCUT2D eigenvalue weighted by Crippen LogP contribution is -2.37. The molecule has 1 heterocycles. The average Bonchev–Trinajstić information content (AvgIpc) is 2.40. The minimum absolute atomic E-state index is 0.155. The standard InChI is InChI=1S/C12H26N4/c1-12(2,11(13)14)5-8-16-7-4-6-15(3)9-10-16/h4-10H2,1-3H3,(H3,13,14). The summed E-state index contributed by atoms with van der Waals surface area (Å²) < 4.78 is 0. The number of amidine groups is 1. The molecule has 0 saturated carbocycles. The van der Waals surface area contributed by atoms with Gasteiger partial charge in [-0.1, -0.05) is 13.8 Å². The van der Waals surface area contributed by atoms with Crippen molar-refractivity contribution in [3.63, 3.8) is 0 Å². The van der Waals surface area contributed by atoms with Gasteiger partial charge in [0.05, 0.1) is 5.84 Å². The van der Waals surface area contributed by atoms with Crippen molar-refractivity contribution in [2.45, 2.75) is 26.7 Å². The summed E-state index contributed by atoms with van der Waals surface area (Å²) in [6.45, 7) is 9.84. The molecule has 0 spiro atoms. The maximum atomic E-state index is 7.54. The van der Waals surface area contributed by atoms with Crippen LogP contribution in [-0.2, 0) is 0 Å². The fourth-order valence-corrected chi connectivity index (χ4v) is 1.90. The first-order valence-corrected chi connectivity index (χ1v) is 6.17. The monoisotopic (exact) mass is 226 g/mol. The summed E-state index contributed by atoms with van der Waals surface area (Å²) in [5.41, 5.74) is 5.44. The molecule has 0 radical (unpaired) electrons. The average molecular weight is 226 g/mol. The number of nitrogens with two attached hydrogens (primary N) is 1. The third kappa shape index (κ3) is 4.10. The molecular weight excluding hydrogens is 200 g/mol. The van der Waals surface area contributed by atoms with E-state index < -0.39 is 0 Å². The van der Waals surface area contributed by atoms with E-state index in [9.17, 15) is 0 Å². The van der Waals surface area contributed by atoms with Crippen LogP contribution in [0.5, 0.6) is 0 Å². The molecule has 4 heteroatoms. The predicted molar refractivity (Wildman–Crippen MR) is 68.9 cm³/mol. The number of rotatable bonds is 4. The van der Waals surface area contributed by atoms with Gasteiger partial charge in [-0.15, -0.1) is 0 Å². The third-order valence-corrected chi connectivity index (χ3v) is 3.59. The van der Waals surface area contributed by atoms with Crippen LogP contribution in [0, 0.1) is 10.8 Å². The molecule has 94 valence electrons. The van der Waals surface area contributed by atoms with Gasteiger partial charge >= 0.3 is 0 Å². The molecule has 4 nitrogen and oxygen atoms in total. The van der Waals surface area contributed by atoms with Crippen LogP contribution in [0.2, 0.25) is 0 Å². The zero-order valence-electron chi connectivity index (χ0n) is 10.9. The van der Waals surface area contributed by atoms with Crippen LogP contribution in [0.25, 0.3) is 0 Å². The molecule has 0 aliphatic carbocycles. The van der Waals surface area contributed by atoms with Crippen molar-refractivity contribution in [2.75, 3.05) is 39.8 Å². The Kier molecular flexibility index (Phi) is 4.74. The van der Waals surface area contributed by atoms with Crippen molar-refractivity contribution in [3.8, 4) is 0 Å². The minimum atomic E-state index is -0.155. The van der Waals surface area contributed by atoms with Gasteiger partial charge < -0.3 is 15.5 Å². The van der Waals surface area contributed by atoms with Crippen molar-refractivity contribution >= 4 is 5.84 Å². The van der Waals surface area contributed by atoms with Gasteiger partial charge in [-0.05, 0) is 39.5 Å². The maximum absolute atomic E-state index is 7.54. The molecule has 16 heavy (non-hydrogen) atoms. The Hall–Kier alpha value is -0.610. The highest BCUT2D eigenvalue weighted by molar-refractivity contribution is 5.82. The molecule has 0 aromatic rings. The third-order valence-electron chi connectivity index (χ3n) is 3.59. The van der Waals surface area contributed by atoms with Gasteiger partial charge in [0.15, 0.2) is 0 Å². The number of hydrogen-bond acceptors (Lipinski definition) is 3. The van der Waals surface area contributed by atoms with Gasteiger partial charge in [0.1, 0.15) is 0 Å². The Morgan fingerprint density at radius 3 is 2.56 bits per heavy atom. The topological polar surface area (TPSA) is 56.4 Å². The summed E-state index contributed by atoms with van der Waals surface area (Å²) >= 11 is 0. The summed E-state index contributed by atoms with van der Waals surface area (Å²) in [4.78, 5) is 4.88. The van der Waals surface area contributed by atoms with Crippen LogP contribution in [-0.4, -0.2) is 55.4 Å².